The van der Waals surface area contributed by atoms with Gasteiger partial charge in [0, 0.05) is 18.3 Å². The molecule has 0 fully saturated rings. The first-order chi connectivity index (χ1) is 14.7. The van der Waals surface area contributed by atoms with Gasteiger partial charge >= 0.3 is 6.18 Å². The van der Waals surface area contributed by atoms with Crippen LogP contribution in [0.3, 0.4) is 0 Å². The van der Waals surface area contributed by atoms with E-state index in [1.165, 1.54) is 35.2 Å². The summed E-state index contributed by atoms with van der Waals surface area (Å²) in [4.78, 5) is 26.3. The van der Waals surface area contributed by atoms with Gasteiger partial charge in [-0.05, 0) is 36.8 Å². The van der Waals surface area contributed by atoms with E-state index in [4.69, 9.17) is 4.74 Å². The molecule has 0 spiro atoms. The maximum absolute atomic E-state index is 13.8. The minimum absolute atomic E-state index is 0.0233. The number of nitrogens with one attached hydrogen (secondary N) is 2. The van der Waals surface area contributed by atoms with E-state index >= 15 is 0 Å². The Morgan fingerprint density at radius 2 is 1.97 bits per heavy atom. The van der Waals surface area contributed by atoms with E-state index < -0.39 is 29.6 Å². The summed E-state index contributed by atoms with van der Waals surface area (Å²) < 4.78 is 58.1. The Morgan fingerprint density at radius 3 is 2.68 bits per heavy atom. The summed E-state index contributed by atoms with van der Waals surface area (Å²) in [6, 6.07) is 7.95. The lowest BCUT2D eigenvalue weighted by Crippen LogP contribution is -2.50. The number of carbonyl (C=O) groups is 2. The van der Waals surface area contributed by atoms with Crippen LogP contribution in [-0.2, 0) is 15.8 Å². The molecule has 1 aliphatic rings. The predicted molar refractivity (Wildman–Crippen MR) is 106 cm³/mol. The van der Waals surface area contributed by atoms with Crippen molar-refractivity contribution in [2.24, 2.45) is 0 Å². The SMILES string of the molecule is CCCNC(=O)C1CN(CC(=O)Nc2cccc(C(F)(F)F)c2)c2cc(F)ccc2O1. The molecule has 166 valence electrons. The van der Waals surface area contributed by atoms with E-state index in [1.54, 1.807) is 0 Å². The molecule has 0 aliphatic carbocycles. The van der Waals surface area contributed by atoms with Gasteiger partial charge in [-0.2, -0.15) is 13.2 Å². The molecular weight excluding hydrogens is 418 g/mol. The number of carbonyl (C=O) groups excluding carboxylic acids is 2. The van der Waals surface area contributed by atoms with Gasteiger partial charge in [0.25, 0.3) is 5.91 Å². The lowest BCUT2D eigenvalue weighted by molar-refractivity contribution is -0.137. The number of rotatable bonds is 6. The van der Waals surface area contributed by atoms with E-state index in [9.17, 15) is 27.2 Å². The van der Waals surface area contributed by atoms with Crippen LogP contribution in [0.1, 0.15) is 18.9 Å². The van der Waals surface area contributed by atoms with Gasteiger partial charge < -0.3 is 20.3 Å². The molecule has 3 rings (SSSR count). The van der Waals surface area contributed by atoms with Gasteiger partial charge in [-0.25, -0.2) is 4.39 Å². The maximum Gasteiger partial charge on any atom is 0.416 e. The zero-order chi connectivity index (χ0) is 22.6. The van der Waals surface area contributed by atoms with Gasteiger partial charge in [-0.15, -0.1) is 0 Å². The number of nitrogens with zero attached hydrogens (tertiary/aromatic N) is 1. The summed E-state index contributed by atoms with van der Waals surface area (Å²) in [5, 5.41) is 5.12. The summed E-state index contributed by atoms with van der Waals surface area (Å²) in [7, 11) is 0. The summed E-state index contributed by atoms with van der Waals surface area (Å²) in [6.07, 6.45) is -4.74. The Labute approximate surface area is 176 Å². The zero-order valence-corrected chi connectivity index (χ0v) is 16.6. The molecule has 0 bridgehead atoms. The summed E-state index contributed by atoms with van der Waals surface area (Å²) in [6.45, 7) is 2.01. The average Bonchev–Trinajstić information content (AvgIpc) is 2.71. The van der Waals surface area contributed by atoms with Crippen LogP contribution >= 0.6 is 0 Å². The van der Waals surface area contributed by atoms with Gasteiger partial charge in [-0.3, -0.25) is 9.59 Å². The molecule has 0 aromatic heterocycles. The van der Waals surface area contributed by atoms with Gasteiger partial charge in [0.15, 0.2) is 6.10 Å². The van der Waals surface area contributed by atoms with E-state index in [-0.39, 0.29) is 36.1 Å². The fraction of sp³-hybridized carbons (Fsp3) is 0.333. The van der Waals surface area contributed by atoms with Crippen molar-refractivity contribution < 1.29 is 31.9 Å². The van der Waals surface area contributed by atoms with Crippen LogP contribution in [0.25, 0.3) is 0 Å². The quantitative estimate of drug-likeness (QED) is 0.676. The first-order valence-electron chi connectivity index (χ1n) is 9.63. The highest BCUT2D eigenvalue weighted by molar-refractivity contribution is 5.95. The van der Waals surface area contributed by atoms with Crippen LogP contribution < -0.4 is 20.3 Å². The molecule has 1 unspecified atom stereocenters. The predicted octanol–water partition coefficient (Wildman–Crippen LogP) is 3.58. The topological polar surface area (TPSA) is 70.7 Å². The van der Waals surface area contributed by atoms with Crippen molar-refractivity contribution in [3.05, 3.63) is 53.8 Å². The molecule has 1 aliphatic heterocycles. The Balaban J connectivity index is 1.76. The fourth-order valence-corrected chi connectivity index (χ4v) is 3.12. The van der Waals surface area contributed by atoms with Gasteiger partial charge in [0.2, 0.25) is 5.91 Å². The Kier molecular flexibility index (Phi) is 6.67. The average molecular weight is 439 g/mol. The Hall–Kier alpha value is -3.30. The monoisotopic (exact) mass is 439 g/mol. The first-order valence-corrected chi connectivity index (χ1v) is 9.63. The normalized spacial score (nSPS) is 15.6. The highest BCUT2D eigenvalue weighted by Gasteiger charge is 2.33. The van der Waals surface area contributed by atoms with Gasteiger partial charge in [0.05, 0.1) is 24.3 Å². The number of halogens is 4. The molecule has 1 atom stereocenters. The van der Waals surface area contributed by atoms with Crippen molar-refractivity contribution in [1.82, 2.24) is 5.32 Å². The molecule has 0 saturated carbocycles. The van der Waals surface area contributed by atoms with Crippen molar-refractivity contribution in [3.8, 4) is 5.75 Å². The second-order valence-corrected chi connectivity index (χ2v) is 7.02. The number of alkyl halides is 3. The van der Waals surface area contributed by atoms with Gasteiger partial charge in [-0.1, -0.05) is 13.0 Å². The fourth-order valence-electron chi connectivity index (χ4n) is 3.12. The number of hydrogen-bond acceptors (Lipinski definition) is 4. The summed E-state index contributed by atoms with van der Waals surface area (Å²) >= 11 is 0. The number of ether oxygens (including phenoxy) is 1. The van der Waals surface area contributed by atoms with Crippen LogP contribution in [0.5, 0.6) is 5.75 Å². The minimum Gasteiger partial charge on any atom is -0.477 e. The molecule has 6 nitrogen and oxygen atoms in total. The van der Waals surface area contributed by atoms with E-state index in [0.29, 0.717) is 6.54 Å². The van der Waals surface area contributed by atoms with Crippen molar-refractivity contribution in [2.75, 3.05) is 29.9 Å². The van der Waals surface area contributed by atoms with E-state index in [0.717, 1.165) is 18.6 Å². The Morgan fingerprint density at radius 1 is 1.19 bits per heavy atom. The van der Waals surface area contributed by atoms with Crippen molar-refractivity contribution >= 4 is 23.2 Å². The van der Waals surface area contributed by atoms with Crippen LogP contribution in [0.15, 0.2) is 42.5 Å². The third-order valence-corrected chi connectivity index (χ3v) is 4.57. The number of hydrogen-bond donors (Lipinski definition) is 2. The Bertz CT molecular complexity index is 965. The van der Waals surface area contributed by atoms with Crippen molar-refractivity contribution in [3.63, 3.8) is 0 Å². The molecule has 10 heteroatoms. The van der Waals surface area contributed by atoms with E-state index in [1.807, 2.05) is 6.92 Å². The smallest absolute Gasteiger partial charge is 0.416 e. The lowest BCUT2D eigenvalue weighted by Gasteiger charge is -2.35. The number of amides is 2. The minimum atomic E-state index is -4.54. The largest absolute Gasteiger partial charge is 0.477 e. The zero-order valence-electron chi connectivity index (χ0n) is 16.6. The molecular formula is C21H21F4N3O3. The maximum atomic E-state index is 13.8. The van der Waals surface area contributed by atoms with Crippen LogP contribution in [0.2, 0.25) is 0 Å². The highest BCUT2D eigenvalue weighted by atomic mass is 19.4. The standard InChI is InChI=1S/C21H21F4N3O3/c1-2-8-26-20(30)18-11-28(16-10-14(22)6-7-17(16)31-18)12-19(29)27-15-5-3-4-13(9-15)21(23,24)25/h3-7,9-10,18H,2,8,11-12H2,1H3,(H,26,30)(H,27,29). The molecule has 0 saturated heterocycles. The highest BCUT2D eigenvalue weighted by Crippen LogP contribution is 2.34. The number of anilines is 2. The first kappa shape index (κ1) is 22.4. The third-order valence-electron chi connectivity index (χ3n) is 4.57. The molecule has 2 amide bonds. The van der Waals surface area contributed by atoms with Crippen LogP contribution in [-0.4, -0.2) is 37.6 Å². The molecule has 2 aromatic carbocycles. The van der Waals surface area contributed by atoms with Gasteiger partial charge in [0.1, 0.15) is 11.6 Å². The second kappa shape index (κ2) is 9.23. The molecule has 0 radical (unpaired) electrons. The molecule has 2 aromatic rings. The molecule has 2 N–H and O–H groups in total. The van der Waals surface area contributed by atoms with Crippen LogP contribution in [0.4, 0.5) is 28.9 Å². The van der Waals surface area contributed by atoms with Crippen LogP contribution in [0, 0.1) is 5.82 Å². The second-order valence-electron chi connectivity index (χ2n) is 7.02. The molecule has 1 heterocycles. The summed E-state index contributed by atoms with van der Waals surface area (Å²) in [5.41, 5.74) is -0.639. The lowest BCUT2D eigenvalue weighted by atomic mass is 10.1. The third kappa shape index (κ3) is 5.65. The number of benzene rings is 2. The van der Waals surface area contributed by atoms with Crippen molar-refractivity contribution in [2.45, 2.75) is 25.6 Å². The number of fused-ring (bicyclic) bond motifs is 1. The van der Waals surface area contributed by atoms with Crippen molar-refractivity contribution in [1.29, 1.82) is 0 Å². The molecule has 31 heavy (non-hydrogen) atoms. The summed E-state index contributed by atoms with van der Waals surface area (Å²) in [5.74, 6) is -1.32. The van der Waals surface area contributed by atoms with E-state index in [2.05, 4.69) is 10.6 Å².